The van der Waals surface area contributed by atoms with Crippen LogP contribution in [-0.2, 0) is 6.54 Å². The molecule has 1 aromatic heterocycles. The van der Waals surface area contributed by atoms with Crippen LogP contribution in [0, 0.1) is 0 Å². The van der Waals surface area contributed by atoms with E-state index < -0.39 is 0 Å². The van der Waals surface area contributed by atoms with Gasteiger partial charge in [-0.3, -0.25) is 0 Å². The van der Waals surface area contributed by atoms with Gasteiger partial charge in [-0.15, -0.1) is 0 Å². The van der Waals surface area contributed by atoms with E-state index in [4.69, 9.17) is 10.2 Å². The smallest absolute Gasteiger partial charge is 0.135 e. The number of allylic oxidation sites excluding steroid dienone is 4. The Hall–Kier alpha value is -3.88. The first-order valence-corrected chi connectivity index (χ1v) is 11.6. The summed E-state index contributed by atoms with van der Waals surface area (Å²) >= 11 is 0. The van der Waals surface area contributed by atoms with Crippen LogP contribution in [0.25, 0.3) is 49.8 Å². The minimum absolute atomic E-state index is 0.452. The summed E-state index contributed by atoms with van der Waals surface area (Å²) in [7, 11) is 0. The molecule has 0 radical (unpaired) electrons. The number of benzene rings is 4. The van der Waals surface area contributed by atoms with Crippen molar-refractivity contribution in [2.75, 3.05) is 0 Å². The zero-order valence-corrected chi connectivity index (χ0v) is 18.2. The number of nitrogens with two attached hydrogens (primary N) is 1. The van der Waals surface area contributed by atoms with Crippen molar-refractivity contribution in [3.8, 4) is 22.3 Å². The molecule has 2 N–H and O–H groups in total. The highest BCUT2D eigenvalue weighted by Crippen LogP contribution is 2.50. The topological polar surface area (TPSA) is 39.2 Å². The van der Waals surface area contributed by atoms with Crippen LogP contribution in [0.15, 0.2) is 102 Å². The summed E-state index contributed by atoms with van der Waals surface area (Å²) in [5, 5.41) is 2.25. The number of rotatable bonds is 2. The van der Waals surface area contributed by atoms with Crippen molar-refractivity contribution in [2.24, 2.45) is 5.73 Å². The zero-order valence-electron chi connectivity index (χ0n) is 18.2. The van der Waals surface area contributed by atoms with Gasteiger partial charge in [0.2, 0.25) is 0 Å². The van der Waals surface area contributed by atoms with Crippen molar-refractivity contribution in [1.29, 1.82) is 0 Å². The highest BCUT2D eigenvalue weighted by molar-refractivity contribution is 6.08. The molecular weight excluding hydrogens is 402 g/mol. The Balaban J connectivity index is 1.44. The Morgan fingerprint density at radius 2 is 1.67 bits per heavy atom. The molecule has 2 nitrogen and oxygen atoms in total. The SMILES string of the molecule is NCc1cccc2oc3ccc(-c4ccc5c(c4)-c4ccccc4C4CC=CC=C54)cc3c12. The van der Waals surface area contributed by atoms with Crippen molar-refractivity contribution >= 4 is 27.5 Å². The fraction of sp³-hybridized carbons (Fsp3) is 0.0968. The molecule has 0 amide bonds. The quantitative estimate of drug-likeness (QED) is 0.313. The van der Waals surface area contributed by atoms with Gasteiger partial charge in [0.05, 0.1) is 0 Å². The number of furan rings is 1. The van der Waals surface area contributed by atoms with Crippen LogP contribution >= 0.6 is 0 Å². The van der Waals surface area contributed by atoms with Crippen molar-refractivity contribution in [3.05, 3.63) is 114 Å². The van der Waals surface area contributed by atoms with Gasteiger partial charge in [-0.2, -0.15) is 0 Å². The lowest BCUT2D eigenvalue weighted by molar-refractivity contribution is 0.668. The first-order valence-electron chi connectivity index (χ1n) is 11.6. The molecule has 5 aromatic rings. The van der Waals surface area contributed by atoms with Gasteiger partial charge in [-0.25, -0.2) is 0 Å². The summed E-state index contributed by atoms with van der Waals surface area (Å²) in [5.41, 5.74) is 18.3. The van der Waals surface area contributed by atoms with Crippen LogP contribution < -0.4 is 5.73 Å². The van der Waals surface area contributed by atoms with Crippen molar-refractivity contribution in [2.45, 2.75) is 18.9 Å². The maximum Gasteiger partial charge on any atom is 0.135 e. The molecule has 7 rings (SSSR count). The summed E-state index contributed by atoms with van der Waals surface area (Å²) in [6.45, 7) is 0.497. The molecule has 0 aliphatic heterocycles. The second-order valence-electron chi connectivity index (χ2n) is 8.99. The van der Waals surface area contributed by atoms with Gasteiger partial charge in [0.15, 0.2) is 0 Å². The number of hydrogen-bond donors (Lipinski definition) is 1. The Kier molecular flexibility index (Phi) is 3.99. The van der Waals surface area contributed by atoms with Crippen LogP contribution in [0.2, 0.25) is 0 Å². The van der Waals surface area contributed by atoms with E-state index in [1.54, 1.807) is 0 Å². The lowest BCUT2D eigenvalue weighted by atomic mass is 9.72. The van der Waals surface area contributed by atoms with Gasteiger partial charge in [0.1, 0.15) is 11.2 Å². The summed E-state index contributed by atoms with van der Waals surface area (Å²) < 4.78 is 6.11. The van der Waals surface area contributed by atoms with E-state index in [0.29, 0.717) is 12.5 Å². The van der Waals surface area contributed by atoms with Crippen LogP contribution in [0.4, 0.5) is 0 Å². The van der Waals surface area contributed by atoms with E-state index in [-0.39, 0.29) is 0 Å². The molecule has 2 aliphatic carbocycles. The lowest BCUT2D eigenvalue weighted by Crippen LogP contribution is -2.11. The van der Waals surface area contributed by atoms with E-state index in [0.717, 1.165) is 33.9 Å². The molecule has 1 atom stereocenters. The average molecular weight is 426 g/mol. The summed E-state index contributed by atoms with van der Waals surface area (Å²) in [6, 6.07) is 28.4. The molecule has 2 aliphatic rings. The van der Waals surface area contributed by atoms with Gasteiger partial charge in [0.25, 0.3) is 0 Å². The third-order valence-corrected chi connectivity index (χ3v) is 7.25. The van der Waals surface area contributed by atoms with Crippen LogP contribution in [0.1, 0.15) is 29.0 Å². The fourth-order valence-electron chi connectivity index (χ4n) is 5.70. The van der Waals surface area contributed by atoms with Gasteiger partial charge < -0.3 is 10.2 Å². The second kappa shape index (κ2) is 7.06. The molecule has 0 fully saturated rings. The summed E-state index contributed by atoms with van der Waals surface area (Å²) in [4.78, 5) is 0. The van der Waals surface area contributed by atoms with E-state index in [1.165, 1.54) is 39.0 Å². The van der Waals surface area contributed by atoms with E-state index in [2.05, 4.69) is 85.0 Å². The normalized spacial score (nSPS) is 16.4. The largest absolute Gasteiger partial charge is 0.456 e. The predicted octanol–water partition coefficient (Wildman–Crippen LogP) is 7.82. The van der Waals surface area contributed by atoms with E-state index in [1.807, 2.05) is 12.1 Å². The average Bonchev–Trinajstić information content (AvgIpc) is 3.27. The van der Waals surface area contributed by atoms with Crippen LogP contribution in [0.3, 0.4) is 0 Å². The van der Waals surface area contributed by atoms with Crippen LogP contribution in [-0.4, -0.2) is 0 Å². The van der Waals surface area contributed by atoms with Gasteiger partial charge in [0, 0.05) is 23.2 Å². The third-order valence-electron chi connectivity index (χ3n) is 7.25. The maximum absolute atomic E-state index is 6.11. The summed E-state index contributed by atoms with van der Waals surface area (Å²) in [5.74, 6) is 0.452. The van der Waals surface area contributed by atoms with Gasteiger partial charge in [-0.05, 0) is 75.2 Å². The Morgan fingerprint density at radius 3 is 2.61 bits per heavy atom. The molecule has 0 bridgehead atoms. The minimum atomic E-state index is 0.452. The molecule has 158 valence electrons. The molecular formula is C31H23NO. The molecule has 4 aromatic carbocycles. The molecule has 1 heterocycles. The van der Waals surface area contributed by atoms with Gasteiger partial charge in [-0.1, -0.05) is 72.8 Å². The van der Waals surface area contributed by atoms with E-state index in [9.17, 15) is 0 Å². The molecule has 0 saturated heterocycles. The number of fused-ring (bicyclic) bond motifs is 9. The highest BCUT2D eigenvalue weighted by Gasteiger charge is 2.29. The first-order chi connectivity index (χ1) is 16.3. The van der Waals surface area contributed by atoms with Gasteiger partial charge >= 0.3 is 0 Å². The van der Waals surface area contributed by atoms with Crippen molar-refractivity contribution in [1.82, 2.24) is 0 Å². The Bertz CT molecular complexity index is 1630. The maximum atomic E-state index is 6.11. The van der Waals surface area contributed by atoms with E-state index >= 15 is 0 Å². The standard InChI is InChI=1S/C31H23NO/c32-18-21-6-5-11-30-31(21)28-17-20(13-15-29(28)33-30)19-12-14-26-24-9-2-1-7-22(24)23-8-3-4-10-25(23)27(26)16-19/h1-6,8-17,22H,7,18,32H2. The highest BCUT2D eigenvalue weighted by atomic mass is 16.3. The van der Waals surface area contributed by atoms with Crippen molar-refractivity contribution < 1.29 is 4.42 Å². The summed E-state index contributed by atoms with van der Waals surface area (Å²) in [6.07, 6.45) is 7.84. The molecule has 0 saturated carbocycles. The third kappa shape index (κ3) is 2.71. The first kappa shape index (κ1) is 18.7. The lowest BCUT2D eigenvalue weighted by Gasteiger charge is -2.32. The zero-order chi connectivity index (χ0) is 21.9. The van der Waals surface area contributed by atoms with Crippen LogP contribution in [0.5, 0.6) is 0 Å². The molecule has 33 heavy (non-hydrogen) atoms. The fourth-order valence-corrected chi connectivity index (χ4v) is 5.70. The predicted molar refractivity (Wildman–Crippen MR) is 137 cm³/mol. The molecule has 2 heteroatoms. The Labute approximate surface area is 192 Å². The second-order valence-corrected chi connectivity index (χ2v) is 8.99. The molecule has 1 unspecified atom stereocenters. The number of hydrogen-bond acceptors (Lipinski definition) is 2. The minimum Gasteiger partial charge on any atom is -0.456 e. The Morgan fingerprint density at radius 1 is 0.788 bits per heavy atom. The molecule has 0 spiro atoms. The van der Waals surface area contributed by atoms with Crippen molar-refractivity contribution in [3.63, 3.8) is 0 Å². The monoisotopic (exact) mass is 425 g/mol.